The molecule has 1 aromatic heterocycles. The van der Waals surface area contributed by atoms with Gasteiger partial charge in [0.1, 0.15) is 0 Å². The van der Waals surface area contributed by atoms with Crippen molar-refractivity contribution in [1.29, 1.82) is 0 Å². The van der Waals surface area contributed by atoms with Crippen LogP contribution in [-0.2, 0) is 22.4 Å². The van der Waals surface area contributed by atoms with E-state index in [1.54, 1.807) is 11.3 Å². The van der Waals surface area contributed by atoms with Crippen LogP contribution in [0.1, 0.15) is 30.7 Å². The molecule has 0 fully saturated rings. The third-order valence-electron chi connectivity index (χ3n) is 3.06. The van der Waals surface area contributed by atoms with Crippen LogP contribution in [0.25, 0.3) is 0 Å². The second-order valence-electron chi connectivity index (χ2n) is 5.16. The second kappa shape index (κ2) is 8.74. The van der Waals surface area contributed by atoms with Gasteiger partial charge in [-0.15, -0.1) is 11.3 Å². The first-order valence-electron chi connectivity index (χ1n) is 7.17. The van der Waals surface area contributed by atoms with Gasteiger partial charge < -0.3 is 16.4 Å². The zero-order valence-corrected chi connectivity index (χ0v) is 13.6. The van der Waals surface area contributed by atoms with Crippen LogP contribution in [-0.4, -0.2) is 35.9 Å². The number of hydrogen-bond donors (Lipinski definition) is 3. The van der Waals surface area contributed by atoms with Gasteiger partial charge in [-0.1, -0.05) is 20.8 Å². The van der Waals surface area contributed by atoms with Gasteiger partial charge in [-0.3, -0.25) is 9.59 Å². The van der Waals surface area contributed by atoms with E-state index >= 15 is 0 Å². The molecule has 0 saturated carbocycles. The number of aryl methyl sites for hydroxylation is 1. The van der Waals surface area contributed by atoms with Gasteiger partial charge in [0.05, 0.1) is 17.6 Å². The molecule has 0 aliphatic carbocycles. The maximum atomic E-state index is 11.6. The molecule has 0 aliphatic rings. The summed E-state index contributed by atoms with van der Waals surface area (Å²) in [6, 6.07) is -0.583. The van der Waals surface area contributed by atoms with Crippen molar-refractivity contribution < 1.29 is 9.59 Å². The Morgan fingerprint density at radius 1 is 1.38 bits per heavy atom. The summed E-state index contributed by atoms with van der Waals surface area (Å²) in [5.74, 6) is -0.468. The number of amides is 2. The number of nitrogens with one attached hydrogen (secondary N) is 2. The zero-order chi connectivity index (χ0) is 15.8. The summed E-state index contributed by atoms with van der Waals surface area (Å²) in [4.78, 5) is 28.7. The van der Waals surface area contributed by atoms with Crippen molar-refractivity contribution in [2.75, 3.05) is 13.1 Å². The average Bonchev–Trinajstić information content (AvgIpc) is 2.91. The molecule has 0 spiro atoms. The van der Waals surface area contributed by atoms with E-state index in [4.69, 9.17) is 5.73 Å². The lowest BCUT2D eigenvalue weighted by molar-refractivity contribution is -0.127. The van der Waals surface area contributed by atoms with Crippen LogP contribution in [0.2, 0.25) is 0 Å². The highest BCUT2D eigenvalue weighted by atomic mass is 32.1. The Morgan fingerprint density at radius 2 is 2.10 bits per heavy atom. The minimum absolute atomic E-state index is 0.0443. The van der Waals surface area contributed by atoms with Crippen LogP contribution in [0.4, 0.5) is 0 Å². The second-order valence-corrected chi connectivity index (χ2v) is 6.36. The Hall–Kier alpha value is -1.47. The van der Waals surface area contributed by atoms with Crippen LogP contribution in [0.3, 0.4) is 0 Å². The predicted molar refractivity (Wildman–Crippen MR) is 84.0 cm³/mol. The highest BCUT2D eigenvalue weighted by Crippen LogP contribution is 2.13. The smallest absolute Gasteiger partial charge is 0.239 e. The fourth-order valence-electron chi connectivity index (χ4n) is 1.59. The first kappa shape index (κ1) is 17.6. The molecule has 0 aromatic carbocycles. The number of hydrogen-bond acceptors (Lipinski definition) is 5. The van der Waals surface area contributed by atoms with E-state index in [0.29, 0.717) is 13.0 Å². The summed E-state index contributed by atoms with van der Waals surface area (Å²) >= 11 is 1.66. The summed E-state index contributed by atoms with van der Waals surface area (Å²) in [6.45, 7) is 6.29. The number of carbonyl (C=O) groups is 2. The van der Waals surface area contributed by atoms with Gasteiger partial charge >= 0.3 is 0 Å². The summed E-state index contributed by atoms with van der Waals surface area (Å²) in [7, 11) is 0. The van der Waals surface area contributed by atoms with Crippen molar-refractivity contribution in [3.63, 3.8) is 0 Å². The van der Waals surface area contributed by atoms with E-state index in [1.807, 2.05) is 20.0 Å². The van der Waals surface area contributed by atoms with E-state index in [-0.39, 0.29) is 24.3 Å². The summed E-state index contributed by atoms with van der Waals surface area (Å²) in [5, 5.41) is 6.30. The van der Waals surface area contributed by atoms with Crippen LogP contribution in [0.5, 0.6) is 0 Å². The maximum absolute atomic E-state index is 11.6. The normalized spacial score (nSPS) is 12.2. The molecule has 6 nitrogen and oxygen atoms in total. The molecule has 21 heavy (non-hydrogen) atoms. The third kappa shape index (κ3) is 6.22. The van der Waals surface area contributed by atoms with E-state index in [0.717, 1.165) is 11.4 Å². The largest absolute Gasteiger partial charge is 0.354 e. The first-order valence-corrected chi connectivity index (χ1v) is 7.99. The van der Waals surface area contributed by atoms with Gasteiger partial charge in [0.2, 0.25) is 11.8 Å². The molecule has 1 rings (SSSR count). The van der Waals surface area contributed by atoms with Crippen molar-refractivity contribution in [1.82, 2.24) is 15.6 Å². The highest BCUT2D eigenvalue weighted by Gasteiger charge is 2.17. The minimum atomic E-state index is -0.583. The molecule has 1 atom stereocenters. The molecule has 0 saturated heterocycles. The third-order valence-corrected chi connectivity index (χ3v) is 4.26. The monoisotopic (exact) mass is 312 g/mol. The lowest BCUT2D eigenvalue weighted by Crippen LogP contribution is -2.47. The Balaban J connectivity index is 2.21. The zero-order valence-electron chi connectivity index (χ0n) is 12.8. The van der Waals surface area contributed by atoms with Crippen molar-refractivity contribution in [2.24, 2.45) is 11.7 Å². The van der Waals surface area contributed by atoms with Crippen molar-refractivity contribution in [2.45, 2.75) is 39.7 Å². The van der Waals surface area contributed by atoms with Crippen molar-refractivity contribution >= 4 is 23.2 Å². The van der Waals surface area contributed by atoms with Gasteiger partial charge in [-0.25, -0.2) is 4.98 Å². The van der Waals surface area contributed by atoms with Gasteiger partial charge in [-0.05, 0) is 12.3 Å². The number of aromatic nitrogens is 1. The standard InChI is InChI=1S/C14H24N4O2S/c1-4-10-7-17-12(21-10)5-6-16-11(19)8-18-14(20)13(15)9(2)3/h7,9,13H,4-6,8,15H2,1-3H3,(H,16,19)(H,18,20)/t13-/m0/s1. The van der Waals surface area contributed by atoms with Crippen molar-refractivity contribution in [3.8, 4) is 0 Å². The van der Waals surface area contributed by atoms with E-state index in [1.165, 1.54) is 4.88 Å². The number of nitrogens with two attached hydrogens (primary N) is 1. The molecule has 0 unspecified atom stereocenters. The summed E-state index contributed by atoms with van der Waals surface area (Å²) in [5.41, 5.74) is 5.69. The van der Waals surface area contributed by atoms with E-state index in [9.17, 15) is 9.59 Å². The predicted octanol–water partition coefficient (Wildman–Crippen LogP) is 0.464. The Kier molecular flexibility index (Phi) is 7.31. The fourth-order valence-corrected chi connectivity index (χ4v) is 2.45. The summed E-state index contributed by atoms with van der Waals surface area (Å²) < 4.78 is 0. The molecule has 1 aromatic rings. The van der Waals surface area contributed by atoms with Gasteiger partial charge in [0.25, 0.3) is 0 Å². The maximum Gasteiger partial charge on any atom is 0.239 e. The number of carbonyl (C=O) groups excluding carboxylic acids is 2. The van der Waals surface area contributed by atoms with Crippen LogP contribution in [0.15, 0.2) is 6.20 Å². The molecule has 0 radical (unpaired) electrons. The SMILES string of the molecule is CCc1cnc(CCNC(=O)CNC(=O)[C@@H](N)C(C)C)s1. The van der Waals surface area contributed by atoms with E-state index in [2.05, 4.69) is 22.5 Å². The topological polar surface area (TPSA) is 97.1 Å². The molecule has 0 aliphatic heterocycles. The molecule has 118 valence electrons. The molecular formula is C14H24N4O2S. The molecular weight excluding hydrogens is 288 g/mol. The molecule has 4 N–H and O–H groups in total. The molecule has 2 amide bonds. The van der Waals surface area contributed by atoms with Crippen LogP contribution in [0, 0.1) is 5.92 Å². The highest BCUT2D eigenvalue weighted by molar-refractivity contribution is 7.11. The van der Waals surface area contributed by atoms with Gasteiger partial charge in [-0.2, -0.15) is 0 Å². The van der Waals surface area contributed by atoms with Gasteiger partial charge in [0, 0.05) is 24.0 Å². The number of nitrogens with zero attached hydrogens (tertiary/aromatic N) is 1. The van der Waals surface area contributed by atoms with Crippen LogP contribution >= 0.6 is 11.3 Å². The molecule has 0 bridgehead atoms. The van der Waals surface area contributed by atoms with E-state index < -0.39 is 6.04 Å². The van der Waals surface area contributed by atoms with Crippen LogP contribution < -0.4 is 16.4 Å². The molecule has 1 heterocycles. The fraction of sp³-hybridized carbons (Fsp3) is 0.643. The summed E-state index contributed by atoms with van der Waals surface area (Å²) in [6.07, 6.45) is 3.55. The quantitative estimate of drug-likeness (QED) is 0.650. The average molecular weight is 312 g/mol. The van der Waals surface area contributed by atoms with Crippen molar-refractivity contribution in [3.05, 3.63) is 16.1 Å². The Morgan fingerprint density at radius 3 is 2.67 bits per heavy atom. The lowest BCUT2D eigenvalue weighted by Gasteiger charge is -2.15. The number of thiazole rings is 1. The first-order chi connectivity index (χ1) is 9.93. The Labute approximate surface area is 129 Å². The number of rotatable bonds is 8. The minimum Gasteiger partial charge on any atom is -0.354 e. The molecule has 7 heteroatoms. The lowest BCUT2D eigenvalue weighted by atomic mass is 10.1. The Bertz CT molecular complexity index is 473. The van der Waals surface area contributed by atoms with Gasteiger partial charge in [0.15, 0.2) is 0 Å².